The second kappa shape index (κ2) is 11.6. The number of carbonyl (C=O) groups is 1. The number of alkyl halides is 3. The minimum Gasteiger partial charge on any atom is -0.484 e. The summed E-state index contributed by atoms with van der Waals surface area (Å²) >= 11 is 0. The third kappa shape index (κ3) is 7.41. The highest BCUT2D eigenvalue weighted by molar-refractivity contribution is 5.77. The Bertz CT molecular complexity index is 1020. The minimum absolute atomic E-state index is 0.0650. The van der Waals surface area contributed by atoms with Gasteiger partial charge in [-0.2, -0.15) is 13.2 Å². The van der Waals surface area contributed by atoms with Crippen LogP contribution in [0.25, 0.3) is 0 Å². The van der Waals surface area contributed by atoms with E-state index in [2.05, 4.69) is 6.92 Å². The molecule has 1 aromatic heterocycles. The van der Waals surface area contributed by atoms with E-state index in [0.29, 0.717) is 30.9 Å². The number of nitrogens with zero attached hydrogens (tertiary/aromatic N) is 2. The van der Waals surface area contributed by atoms with Crippen molar-refractivity contribution in [3.05, 3.63) is 89.7 Å². The fraction of sp³-hybridized carbons (Fsp3) is 0.346. The lowest BCUT2D eigenvalue weighted by Crippen LogP contribution is -2.36. The van der Waals surface area contributed by atoms with E-state index >= 15 is 0 Å². The molecular weight excluding hydrogens is 429 g/mol. The van der Waals surface area contributed by atoms with Crippen LogP contribution in [0.2, 0.25) is 0 Å². The second-order valence-corrected chi connectivity index (χ2v) is 7.95. The highest BCUT2D eigenvalue weighted by Crippen LogP contribution is 2.29. The Morgan fingerprint density at radius 2 is 1.79 bits per heavy atom. The number of unbranched alkanes of at least 4 members (excludes halogenated alkanes) is 2. The van der Waals surface area contributed by atoms with Gasteiger partial charge in [-0.15, -0.1) is 0 Å². The lowest BCUT2D eigenvalue weighted by atomic mass is 10.1. The van der Waals surface area contributed by atoms with Crippen LogP contribution in [0.15, 0.2) is 72.9 Å². The average molecular weight is 459 g/mol. The molecule has 0 saturated heterocycles. The molecule has 3 aromatic rings. The summed E-state index contributed by atoms with van der Waals surface area (Å²) in [7, 11) is 0. The Labute approximate surface area is 192 Å². The van der Waals surface area contributed by atoms with Gasteiger partial charge in [-0.3, -0.25) is 4.79 Å². The number of halogens is 3. The number of para-hydroxylation sites is 1. The smallest absolute Gasteiger partial charge is 0.416 e. The van der Waals surface area contributed by atoms with Crippen LogP contribution in [0, 0.1) is 0 Å². The molecule has 0 aliphatic rings. The lowest BCUT2D eigenvalue weighted by molar-refractivity contribution is -0.137. The molecule has 0 unspecified atom stereocenters. The Hall–Kier alpha value is -3.22. The maximum Gasteiger partial charge on any atom is 0.416 e. The largest absolute Gasteiger partial charge is 0.484 e. The molecule has 0 radical (unpaired) electrons. The molecule has 0 aliphatic heterocycles. The van der Waals surface area contributed by atoms with Crippen molar-refractivity contribution in [1.82, 2.24) is 9.47 Å². The quantitative estimate of drug-likeness (QED) is 0.323. The maximum absolute atomic E-state index is 13.1. The van der Waals surface area contributed by atoms with Gasteiger partial charge in [-0.1, -0.05) is 50.1 Å². The van der Waals surface area contributed by atoms with Crippen LogP contribution in [0.5, 0.6) is 5.75 Å². The Balaban J connectivity index is 1.70. The third-order valence-electron chi connectivity index (χ3n) is 5.37. The zero-order valence-electron chi connectivity index (χ0n) is 18.7. The maximum atomic E-state index is 13.1. The summed E-state index contributed by atoms with van der Waals surface area (Å²) in [5.74, 6) is 0.508. The summed E-state index contributed by atoms with van der Waals surface area (Å²) in [6.07, 6.45) is 0.368. The van der Waals surface area contributed by atoms with E-state index in [4.69, 9.17) is 4.74 Å². The van der Waals surface area contributed by atoms with Crippen LogP contribution in [0.1, 0.15) is 43.0 Å². The van der Waals surface area contributed by atoms with Crippen LogP contribution in [0.3, 0.4) is 0 Å². The molecule has 0 saturated carbocycles. The van der Waals surface area contributed by atoms with E-state index in [1.807, 2.05) is 41.1 Å². The molecule has 1 amide bonds. The van der Waals surface area contributed by atoms with Crippen molar-refractivity contribution in [2.45, 2.75) is 45.5 Å². The molecule has 33 heavy (non-hydrogen) atoms. The topological polar surface area (TPSA) is 34.5 Å². The van der Waals surface area contributed by atoms with Gasteiger partial charge in [0.1, 0.15) is 5.75 Å². The summed E-state index contributed by atoms with van der Waals surface area (Å²) in [6, 6.07) is 18.2. The van der Waals surface area contributed by atoms with Crippen molar-refractivity contribution in [3.8, 4) is 5.75 Å². The molecule has 0 aliphatic carbocycles. The van der Waals surface area contributed by atoms with Crippen LogP contribution >= 0.6 is 0 Å². The van der Waals surface area contributed by atoms with Gasteiger partial charge in [0, 0.05) is 25.0 Å². The fourth-order valence-corrected chi connectivity index (χ4v) is 3.58. The number of hydrogen-bond donors (Lipinski definition) is 0. The molecule has 4 nitrogen and oxygen atoms in total. The van der Waals surface area contributed by atoms with Gasteiger partial charge in [0.2, 0.25) is 0 Å². The van der Waals surface area contributed by atoms with Crippen molar-refractivity contribution in [2.24, 2.45) is 0 Å². The zero-order chi connectivity index (χ0) is 23.7. The first-order valence-electron chi connectivity index (χ1n) is 11.1. The fourth-order valence-electron chi connectivity index (χ4n) is 3.58. The van der Waals surface area contributed by atoms with Crippen molar-refractivity contribution >= 4 is 5.91 Å². The second-order valence-electron chi connectivity index (χ2n) is 7.95. The number of benzene rings is 2. The summed E-state index contributed by atoms with van der Waals surface area (Å²) in [5.41, 5.74) is 0.749. The van der Waals surface area contributed by atoms with E-state index in [9.17, 15) is 18.0 Å². The van der Waals surface area contributed by atoms with Crippen molar-refractivity contribution in [1.29, 1.82) is 0 Å². The number of hydrogen-bond acceptors (Lipinski definition) is 2. The zero-order valence-corrected chi connectivity index (χ0v) is 18.7. The third-order valence-corrected chi connectivity index (χ3v) is 5.37. The Kier molecular flexibility index (Phi) is 8.58. The predicted molar refractivity (Wildman–Crippen MR) is 122 cm³/mol. The summed E-state index contributed by atoms with van der Waals surface area (Å²) < 4.78 is 46.7. The van der Waals surface area contributed by atoms with E-state index in [0.717, 1.165) is 31.0 Å². The van der Waals surface area contributed by atoms with Crippen molar-refractivity contribution in [3.63, 3.8) is 0 Å². The van der Waals surface area contributed by atoms with Gasteiger partial charge < -0.3 is 14.2 Å². The molecule has 0 spiro atoms. The highest BCUT2D eigenvalue weighted by atomic mass is 19.4. The van der Waals surface area contributed by atoms with Crippen molar-refractivity contribution in [2.75, 3.05) is 13.2 Å². The number of ether oxygens (including phenoxy) is 1. The SMILES string of the molecule is CCCCCN(Cc1cccn1Cc1cccc(C(F)(F)F)c1)C(=O)COc1ccccc1. The first-order chi connectivity index (χ1) is 15.9. The summed E-state index contributed by atoms with van der Waals surface area (Å²) in [5, 5.41) is 0. The summed E-state index contributed by atoms with van der Waals surface area (Å²) in [4.78, 5) is 14.7. The normalized spacial score (nSPS) is 11.4. The first-order valence-corrected chi connectivity index (χ1v) is 11.1. The molecular formula is C26H29F3N2O2. The van der Waals surface area contributed by atoms with Crippen LogP contribution < -0.4 is 4.74 Å². The molecule has 0 N–H and O–H groups in total. The number of aromatic nitrogens is 1. The molecule has 0 bridgehead atoms. The molecule has 1 heterocycles. The van der Waals surface area contributed by atoms with Crippen LogP contribution in [-0.4, -0.2) is 28.5 Å². The average Bonchev–Trinajstić information content (AvgIpc) is 3.23. The lowest BCUT2D eigenvalue weighted by Gasteiger charge is -2.24. The molecule has 176 valence electrons. The summed E-state index contributed by atoms with van der Waals surface area (Å²) in [6.45, 7) is 3.30. The molecule has 2 aromatic carbocycles. The Morgan fingerprint density at radius 1 is 1.00 bits per heavy atom. The van der Waals surface area contributed by atoms with Crippen molar-refractivity contribution < 1.29 is 22.7 Å². The molecule has 3 rings (SSSR count). The molecule has 7 heteroatoms. The minimum atomic E-state index is -4.38. The van der Waals surface area contributed by atoms with E-state index in [1.54, 1.807) is 23.1 Å². The monoisotopic (exact) mass is 458 g/mol. The van der Waals surface area contributed by atoms with Gasteiger partial charge in [-0.05, 0) is 48.4 Å². The van der Waals surface area contributed by atoms with Crippen LogP contribution in [0.4, 0.5) is 13.2 Å². The van der Waals surface area contributed by atoms with Gasteiger partial charge in [0.25, 0.3) is 5.91 Å². The van der Waals surface area contributed by atoms with E-state index in [-0.39, 0.29) is 12.5 Å². The highest BCUT2D eigenvalue weighted by Gasteiger charge is 2.30. The molecule has 0 atom stereocenters. The van der Waals surface area contributed by atoms with Gasteiger partial charge in [0.15, 0.2) is 6.61 Å². The Morgan fingerprint density at radius 3 is 2.52 bits per heavy atom. The first kappa shape index (κ1) is 24.4. The number of amides is 1. The van der Waals surface area contributed by atoms with Gasteiger partial charge in [0.05, 0.1) is 12.1 Å². The van der Waals surface area contributed by atoms with E-state index < -0.39 is 11.7 Å². The predicted octanol–water partition coefficient (Wildman–Crippen LogP) is 6.15. The number of carbonyl (C=O) groups excluding carboxylic acids is 1. The standard InChI is InChI=1S/C26H29F3N2O2/c1-2-3-7-15-31(25(32)20-33-24-13-5-4-6-14-24)19-23-12-9-16-30(23)18-21-10-8-11-22(17-21)26(27,28)29/h4-6,8-14,16-17H,2-3,7,15,18-20H2,1H3. The number of rotatable bonds is 11. The van der Waals surface area contributed by atoms with E-state index in [1.165, 1.54) is 12.1 Å². The molecule has 0 fully saturated rings. The van der Waals surface area contributed by atoms with Gasteiger partial charge in [-0.25, -0.2) is 0 Å². The van der Waals surface area contributed by atoms with Crippen LogP contribution in [-0.2, 0) is 24.1 Å². The van der Waals surface area contributed by atoms with Gasteiger partial charge >= 0.3 is 6.18 Å².